The van der Waals surface area contributed by atoms with Crippen molar-refractivity contribution in [2.75, 3.05) is 13.2 Å². The van der Waals surface area contributed by atoms with Crippen LogP contribution in [-0.2, 0) is 4.65 Å². The zero-order chi connectivity index (χ0) is 25.2. The topological polar surface area (TPSA) is 49.7 Å². The molecule has 0 aromatic heterocycles. The quantitative estimate of drug-likeness (QED) is 0.513. The standard InChI is InChI=1S/C29H38B2O3/c1-19-13-21(3)27(22(4)14-19)30(28-23(5)15-20(2)16-24(28)6)25-9-11-26(12-10-25)31(33)34-18-29(7,8)17-32/h9-16,32-33H,17-18H2,1-8H3. The summed E-state index contributed by atoms with van der Waals surface area (Å²) >= 11 is 0. The molecule has 34 heavy (non-hydrogen) atoms. The van der Waals surface area contributed by atoms with Gasteiger partial charge in [-0.05, 0) is 47.0 Å². The summed E-state index contributed by atoms with van der Waals surface area (Å²) in [7, 11) is -1.02. The maximum Gasteiger partial charge on any atom is 0.491 e. The lowest BCUT2D eigenvalue weighted by atomic mass is 9.34. The summed E-state index contributed by atoms with van der Waals surface area (Å²) in [5.74, 6) is 0. The summed E-state index contributed by atoms with van der Waals surface area (Å²) in [5.41, 5.74) is 11.9. The Balaban J connectivity index is 2.07. The van der Waals surface area contributed by atoms with Crippen LogP contribution < -0.4 is 21.9 Å². The first-order valence-electron chi connectivity index (χ1n) is 12.1. The summed E-state index contributed by atoms with van der Waals surface area (Å²) in [5, 5.41) is 20.0. The lowest BCUT2D eigenvalue weighted by molar-refractivity contribution is 0.0886. The molecule has 3 aromatic rings. The molecule has 0 bridgehead atoms. The second-order valence-corrected chi connectivity index (χ2v) is 10.7. The number of aliphatic hydroxyl groups is 1. The van der Waals surface area contributed by atoms with Gasteiger partial charge in [0.1, 0.15) is 0 Å². The van der Waals surface area contributed by atoms with E-state index in [-0.39, 0.29) is 19.9 Å². The van der Waals surface area contributed by atoms with Crippen molar-refractivity contribution in [3.63, 3.8) is 0 Å². The van der Waals surface area contributed by atoms with Crippen LogP contribution in [0.1, 0.15) is 47.2 Å². The molecule has 0 aliphatic rings. The van der Waals surface area contributed by atoms with E-state index >= 15 is 0 Å². The second kappa shape index (κ2) is 10.5. The average Bonchev–Trinajstić information content (AvgIpc) is 2.75. The molecule has 178 valence electrons. The van der Waals surface area contributed by atoms with Crippen molar-refractivity contribution < 1.29 is 14.8 Å². The van der Waals surface area contributed by atoms with Gasteiger partial charge in [-0.15, -0.1) is 0 Å². The molecule has 5 heteroatoms. The summed E-state index contributed by atoms with van der Waals surface area (Å²) in [6.45, 7) is 17.3. The Kier molecular flexibility index (Phi) is 8.13. The third-order valence-electron chi connectivity index (χ3n) is 6.67. The largest absolute Gasteiger partial charge is 0.491 e. The number of hydrogen-bond acceptors (Lipinski definition) is 3. The second-order valence-electron chi connectivity index (χ2n) is 10.7. The molecule has 2 N–H and O–H groups in total. The van der Waals surface area contributed by atoms with Gasteiger partial charge in [0.2, 0.25) is 6.71 Å². The Hall–Kier alpha value is -2.33. The van der Waals surface area contributed by atoms with E-state index in [0.717, 1.165) is 0 Å². The third kappa shape index (κ3) is 5.83. The van der Waals surface area contributed by atoms with Crippen LogP contribution >= 0.6 is 0 Å². The van der Waals surface area contributed by atoms with E-state index in [9.17, 15) is 10.1 Å². The van der Waals surface area contributed by atoms with Crippen molar-refractivity contribution in [3.8, 4) is 0 Å². The van der Waals surface area contributed by atoms with Crippen LogP contribution in [0.15, 0.2) is 48.5 Å². The summed E-state index contributed by atoms with van der Waals surface area (Å²) < 4.78 is 5.65. The van der Waals surface area contributed by atoms with Gasteiger partial charge in [0, 0.05) is 12.0 Å². The number of hydrogen-bond donors (Lipinski definition) is 2. The van der Waals surface area contributed by atoms with Crippen molar-refractivity contribution >= 4 is 35.7 Å². The van der Waals surface area contributed by atoms with Crippen LogP contribution in [0.3, 0.4) is 0 Å². The number of benzene rings is 3. The van der Waals surface area contributed by atoms with Crippen LogP contribution in [0.4, 0.5) is 0 Å². The smallest absolute Gasteiger partial charge is 0.423 e. The van der Waals surface area contributed by atoms with E-state index < -0.39 is 12.5 Å². The molecule has 0 saturated heterocycles. The molecule has 0 fully saturated rings. The van der Waals surface area contributed by atoms with Gasteiger partial charge in [-0.1, -0.05) is 112 Å². The van der Waals surface area contributed by atoms with E-state index in [1.165, 1.54) is 49.8 Å². The predicted octanol–water partition coefficient (Wildman–Crippen LogP) is 2.78. The van der Waals surface area contributed by atoms with E-state index in [1.54, 1.807) is 0 Å². The van der Waals surface area contributed by atoms with Gasteiger partial charge in [-0.25, -0.2) is 0 Å². The molecule has 0 atom stereocenters. The molecular formula is C29H38B2O3. The fourth-order valence-electron chi connectivity index (χ4n) is 5.07. The molecule has 0 saturated carbocycles. The Morgan fingerprint density at radius 1 is 0.706 bits per heavy atom. The van der Waals surface area contributed by atoms with Gasteiger partial charge in [-0.3, -0.25) is 0 Å². The van der Waals surface area contributed by atoms with Crippen molar-refractivity contribution in [1.82, 2.24) is 0 Å². The maximum absolute atomic E-state index is 10.6. The zero-order valence-corrected chi connectivity index (χ0v) is 22.0. The first kappa shape index (κ1) is 26.3. The molecular weight excluding hydrogens is 418 g/mol. The van der Waals surface area contributed by atoms with E-state index in [2.05, 4.69) is 77.9 Å². The summed E-state index contributed by atoms with van der Waals surface area (Å²) in [6.07, 6.45) is 0. The minimum absolute atomic E-state index is 0.00480. The molecule has 0 amide bonds. The van der Waals surface area contributed by atoms with E-state index in [1.807, 2.05) is 26.0 Å². The van der Waals surface area contributed by atoms with E-state index in [4.69, 9.17) is 4.65 Å². The molecule has 3 rings (SSSR count). The Bertz CT molecular complexity index is 1050. The highest BCUT2D eigenvalue weighted by Gasteiger charge is 2.29. The first-order chi connectivity index (χ1) is 15.9. The minimum Gasteiger partial charge on any atom is -0.423 e. The lowest BCUT2D eigenvalue weighted by Crippen LogP contribution is -2.56. The van der Waals surface area contributed by atoms with Crippen LogP contribution in [0.5, 0.6) is 0 Å². The van der Waals surface area contributed by atoms with Gasteiger partial charge < -0.3 is 14.8 Å². The molecule has 0 unspecified atom stereocenters. The maximum atomic E-state index is 10.6. The van der Waals surface area contributed by atoms with Crippen molar-refractivity contribution in [2.24, 2.45) is 5.41 Å². The highest BCUT2D eigenvalue weighted by molar-refractivity contribution is 6.96. The van der Waals surface area contributed by atoms with Gasteiger partial charge >= 0.3 is 7.12 Å². The van der Waals surface area contributed by atoms with Crippen molar-refractivity contribution in [1.29, 1.82) is 0 Å². The fourth-order valence-corrected chi connectivity index (χ4v) is 5.07. The van der Waals surface area contributed by atoms with Crippen LogP contribution in [0, 0.1) is 47.0 Å². The molecule has 0 spiro atoms. The molecule has 3 nitrogen and oxygen atoms in total. The molecule has 0 radical (unpaired) electrons. The van der Waals surface area contributed by atoms with Crippen LogP contribution in [-0.4, -0.2) is 37.2 Å². The number of rotatable bonds is 8. The first-order valence-corrected chi connectivity index (χ1v) is 12.1. The van der Waals surface area contributed by atoms with Gasteiger partial charge in [0.05, 0.1) is 6.61 Å². The lowest BCUT2D eigenvalue weighted by Gasteiger charge is -2.25. The predicted molar refractivity (Wildman–Crippen MR) is 147 cm³/mol. The zero-order valence-electron chi connectivity index (χ0n) is 22.0. The third-order valence-corrected chi connectivity index (χ3v) is 6.67. The van der Waals surface area contributed by atoms with Crippen LogP contribution in [0.25, 0.3) is 0 Å². The average molecular weight is 456 g/mol. The molecule has 0 aliphatic carbocycles. The van der Waals surface area contributed by atoms with E-state index in [0.29, 0.717) is 5.46 Å². The van der Waals surface area contributed by atoms with Crippen molar-refractivity contribution in [3.05, 3.63) is 81.9 Å². The van der Waals surface area contributed by atoms with Crippen molar-refractivity contribution in [2.45, 2.75) is 55.4 Å². The van der Waals surface area contributed by atoms with Gasteiger partial charge in [0.25, 0.3) is 0 Å². The number of aryl methyl sites for hydroxylation is 6. The Labute approximate surface area is 206 Å². The summed E-state index contributed by atoms with van der Waals surface area (Å²) in [6, 6.07) is 17.2. The fraction of sp³-hybridized carbons (Fsp3) is 0.379. The summed E-state index contributed by atoms with van der Waals surface area (Å²) in [4.78, 5) is 0. The molecule has 3 aromatic carbocycles. The molecule has 0 aliphatic heterocycles. The monoisotopic (exact) mass is 456 g/mol. The highest BCUT2D eigenvalue weighted by atomic mass is 16.5. The normalized spacial score (nSPS) is 11.6. The Morgan fingerprint density at radius 3 is 1.47 bits per heavy atom. The highest BCUT2D eigenvalue weighted by Crippen LogP contribution is 2.15. The number of aliphatic hydroxyl groups excluding tert-OH is 1. The minimum atomic E-state index is -1.02. The molecule has 0 heterocycles. The van der Waals surface area contributed by atoms with Gasteiger partial charge in [0.15, 0.2) is 0 Å². The Morgan fingerprint density at radius 2 is 1.09 bits per heavy atom. The van der Waals surface area contributed by atoms with Crippen LogP contribution in [0.2, 0.25) is 0 Å². The SMILES string of the molecule is Cc1cc(C)c(B(c2ccc(B(O)OCC(C)(C)CO)cc2)c2c(C)cc(C)cc2C)c(C)c1. The van der Waals surface area contributed by atoms with Gasteiger partial charge in [-0.2, -0.15) is 0 Å².